The van der Waals surface area contributed by atoms with Gasteiger partial charge in [0.25, 0.3) is 0 Å². The second-order valence-corrected chi connectivity index (χ2v) is 7.65. The minimum Gasteiger partial charge on any atom is -0.380 e. The topological polar surface area (TPSA) is 70.5 Å². The Morgan fingerprint density at radius 1 is 1.09 bits per heavy atom. The molecule has 23 heavy (non-hydrogen) atoms. The fourth-order valence-corrected chi connectivity index (χ4v) is 6.43. The van der Waals surface area contributed by atoms with E-state index >= 15 is 0 Å². The van der Waals surface area contributed by atoms with Gasteiger partial charge in [0.05, 0.1) is 36.8 Å². The number of aromatic nitrogens is 3. The normalized spacial score (nSPS) is 47.7. The van der Waals surface area contributed by atoms with E-state index in [9.17, 15) is 9.59 Å². The lowest BCUT2D eigenvalue weighted by molar-refractivity contribution is -0.141. The molecule has 1 aromatic heterocycles. The third kappa shape index (κ3) is 0.978. The van der Waals surface area contributed by atoms with Crippen molar-refractivity contribution in [3.63, 3.8) is 0 Å². The van der Waals surface area contributed by atoms with Crippen molar-refractivity contribution >= 4 is 6.21 Å². The number of hydrogen-bond acceptors (Lipinski definition) is 4. The van der Waals surface area contributed by atoms with Crippen LogP contribution in [-0.4, -0.2) is 39.4 Å². The molecule has 6 heterocycles. The van der Waals surface area contributed by atoms with Gasteiger partial charge >= 0.3 is 11.4 Å². The molecule has 1 aromatic rings. The van der Waals surface area contributed by atoms with Crippen LogP contribution in [0.1, 0.15) is 24.9 Å². The summed E-state index contributed by atoms with van der Waals surface area (Å²) in [7, 11) is 1.58. The van der Waals surface area contributed by atoms with Crippen molar-refractivity contribution in [2.24, 2.45) is 28.8 Å². The molecule has 0 spiro atoms. The molecule has 1 saturated heterocycles. The van der Waals surface area contributed by atoms with Crippen molar-refractivity contribution in [2.75, 3.05) is 13.2 Å². The highest BCUT2D eigenvalue weighted by molar-refractivity contribution is 5.70. The summed E-state index contributed by atoms with van der Waals surface area (Å²) in [6.07, 6.45) is 8.33. The molecule has 3 unspecified atom stereocenters. The summed E-state index contributed by atoms with van der Waals surface area (Å²) in [5.74, 6) is 0.193. The lowest BCUT2D eigenvalue weighted by atomic mass is 9.43. The number of aliphatic imine (C=N–C) groups is 1. The smallest absolute Gasteiger partial charge is 0.347 e. The van der Waals surface area contributed by atoms with E-state index in [1.165, 1.54) is 4.57 Å². The van der Waals surface area contributed by atoms with Gasteiger partial charge < -0.3 is 4.74 Å². The molecule has 1 saturated carbocycles. The van der Waals surface area contributed by atoms with Gasteiger partial charge in [-0.05, 0) is 12.8 Å². The number of allylic oxidation sites excluding steroid dienone is 1. The van der Waals surface area contributed by atoms with Gasteiger partial charge in [0.2, 0.25) is 0 Å². The predicted octanol–water partition coefficient (Wildman–Crippen LogP) is -0.120. The average Bonchev–Trinajstić information content (AvgIpc) is 3.14. The highest BCUT2D eigenvalue weighted by atomic mass is 16.5. The van der Waals surface area contributed by atoms with Crippen LogP contribution in [0.4, 0.5) is 0 Å². The van der Waals surface area contributed by atoms with Crippen LogP contribution in [0.25, 0.3) is 0 Å². The minimum absolute atomic E-state index is 0.00806. The van der Waals surface area contributed by atoms with E-state index in [-0.39, 0.29) is 46.3 Å². The van der Waals surface area contributed by atoms with Crippen LogP contribution in [0.15, 0.2) is 26.7 Å². The predicted molar refractivity (Wildman–Crippen MR) is 81.8 cm³/mol. The summed E-state index contributed by atoms with van der Waals surface area (Å²) >= 11 is 0. The van der Waals surface area contributed by atoms with Crippen LogP contribution in [0.3, 0.4) is 0 Å². The Morgan fingerprint density at radius 2 is 1.74 bits per heavy atom. The van der Waals surface area contributed by atoms with Crippen molar-refractivity contribution in [3.05, 3.63) is 33.1 Å². The van der Waals surface area contributed by atoms with Crippen molar-refractivity contribution in [3.8, 4) is 0 Å². The summed E-state index contributed by atoms with van der Waals surface area (Å²) in [4.78, 5) is 30.2. The zero-order valence-corrected chi connectivity index (χ0v) is 12.9. The van der Waals surface area contributed by atoms with Crippen LogP contribution >= 0.6 is 0 Å². The van der Waals surface area contributed by atoms with Gasteiger partial charge in [-0.2, -0.15) is 0 Å². The zero-order chi connectivity index (χ0) is 15.6. The maximum absolute atomic E-state index is 12.7. The van der Waals surface area contributed by atoms with Crippen molar-refractivity contribution in [1.29, 1.82) is 0 Å². The molecular formula is C16H18N4O3. The Bertz CT molecular complexity index is 837. The third-order valence-corrected chi connectivity index (χ3v) is 7.27. The molecule has 8 rings (SSSR count). The molecule has 2 aliphatic carbocycles. The van der Waals surface area contributed by atoms with E-state index in [0.29, 0.717) is 13.2 Å². The molecule has 0 radical (unpaired) electrons. The molecule has 7 heteroatoms. The summed E-state index contributed by atoms with van der Waals surface area (Å²) in [5.41, 5.74) is -0.702. The molecular weight excluding hydrogens is 296 g/mol. The highest BCUT2D eigenvalue weighted by Crippen LogP contribution is 2.72. The fraction of sp³-hybridized carbons (Fsp3) is 0.688. The molecule has 0 N–H and O–H groups in total. The largest absolute Gasteiger partial charge is 0.380 e. The highest BCUT2D eigenvalue weighted by Gasteiger charge is 2.76. The number of hydrogen-bond donors (Lipinski definition) is 0. The molecule has 7 aliphatic rings. The lowest BCUT2D eigenvalue weighted by Gasteiger charge is -2.66. The zero-order valence-electron chi connectivity index (χ0n) is 12.9. The van der Waals surface area contributed by atoms with Gasteiger partial charge in [-0.15, -0.1) is 0 Å². The number of dihydropyridines is 1. The quantitative estimate of drug-likeness (QED) is 0.627. The van der Waals surface area contributed by atoms with E-state index in [2.05, 4.69) is 18.4 Å². The molecule has 120 valence electrons. The first-order chi connectivity index (χ1) is 11.1. The van der Waals surface area contributed by atoms with Gasteiger partial charge in [-0.1, -0.05) is 12.2 Å². The van der Waals surface area contributed by atoms with E-state index in [0.717, 1.165) is 12.8 Å². The van der Waals surface area contributed by atoms with Crippen LogP contribution < -0.4 is 11.4 Å². The number of nitrogens with zero attached hydrogens (tertiary/aromatic N) is 4. The number of rotatable bonds is 0. The van der Waals surface area contributed by atoms with Crippen LogP contribution in [0.5, 0.6) is 0 Å². The Labute approximate surface area is 131 Å². The van der Waals surface area contributed by atoms with Crippen LogP contribution in [0, 0.1) is 16.7 Å². The molecule has 5 aliphatic heterocycles. The van der Waals surface area contributed by atoms with Crippen LogP contribution in [0.2, 0.25) is 0 Å². The third-order valence-electron chi connectivity index (χ3n) is 7.27. The summed E-state index contributed by atoms with van der Waals surface area (Å²) in [6, 6.07) is 0.0608. The van der Waals surface area contributed by atoms with Crippen molar-refractivity contribution in [2.45, 2.75) is 31.0 Å². The van der Waals surface area contributed by atoms with Crippen LogP contribution in [-0.2, 0) is 11.8 Å². The Kier molecular flexibility index (Phi) is 1.88. The van der Waals surface area contributed by atoms with Gasteiger partial charge in [0.15, 0.2) is 0 Å². The first-order valence-electron chi connectivity index (χ1n) is 8.32. The average molecular weight is 314 g/mol. The van der Waals surface area contributed by atoms with Gasteiger partial charge in [0, 0.05) is 24.6 Å². The van der Waals surface area contributed by atoms with E-state index < -0.39 is 0 Å². The molecule has 6 atom stereocenters. The first-order valence-corrected chi connectivity index (χ1v) is 8.32. The second kappa shape index (κ2) is 3.45. The summed E-state index contributed by atoms with van der Waals surface area (Å²) < 4.78 is 10.8. The fourth-order valence-electron chi connectivity index (χ4n) is 6.43. The lowest BCUT2D eigenvalue weighted by Crippen LogP contribution is -2.71. The van der Waals surface area contributed by atoms with E-state index in [4.69, 9.17) is 9.73 Å². The van der Waals surface area contributed by atoms with E-state index in [1.54, 1.807) is 16.4 Å². The molecule has 0 aromatic carbocycles. The number of fused-ring (bicyclic) bond motifs is 1. The Balaban J connectivity index is 1.77. The molecule has 0 amide bonds. The first kappa shape index (κ1) is 12.5. The second-order valence-electron chi connectivity index (χ2n) is 7.65. The minimum atomic E-state index is -0.200. The van der Waals surface area contributed by atoms with Gasteiger partial charge in [-0.25, -0.2) is 23.5 Å². The Hall–Kier alpha value is -1.89. The Morgan fingerprint density at radius 3 is 2.39 bits per heavy atom. The maximum Gasteiger partial charge on any atom is 0.347 e. The summed E-state index contributed by atoms with van der Waals surface area (Å²) in [6.45, 7) is 1.29. The monoisotopic (exact) mass is 314 g/mol. The van der Waals surface area contributed by atoms with Crippen molar-refractivity contribution in [1.82, 2.24) is 13.9 Å². The van der Waals surface area contributed by atoms with Gasteiger partial charge in [0.1, 0.15) is 0 Å². The van der Waals surface area contributed by atoms with E-state index in [1.807, 2.05) is 0 Å². The maximum atomic E-state index is 12.7. The van der Waals surface area contributed by atoms with Crippen molar-refractivity contribution < 1.29 is 4.74 Å². The molecule has 4 bridgehead atoms. The standard InChI is InChI=1S/C16H18N4O3/c1-18-13(21)19-11-4-5-12(20(19)14(18)22)16-8-23-7-15(11,16)9-2-3-10(16)17-6-9/h2-3,6,9-12H,4-5,7-8H2,1H3/t9?,10-,11+,12?,15+,16?/m0/s1. The van der Waals surface area contributed by atoms with Gasteiger partial charge in [-0.3, -0.25) is 4.99 Å². The SMILES string of the molecule is Cn1c(=O)n2n(c1=O)[C@@H]1CCC2C23COC[C@@]12C1C=C[C@@H]3N=C1. The molecule has 7 nitrogen and oxygen atoms in total. The number of ether oxygens (including phenoxy) is 1. The summed E-state index contributed by atoms with van der Waals surface area (Å²) in [5, 5.41) is 0. The molecule has 2 fully saturated rings.